The number of nitrogens with two attached hydrogens (primary N) is 1. The van der Waals surface area contributed by atoms with Gasteiger partial charge in [0.15, 0.2) is 0 Å². The number of hydrogen-bond donors (Lipinski definition) is 3. The Morgan fingerprint density at radius 2 is 1.83 bits per heavy atom. The number of halogens is 4. The van der Waals surface area contributed by atoms with Crippen LogP contribution < -0.4 is 21.6 Å². The first-order chi connectivity index (χ1) is 13.6. The summed E-state index contributed by atoms with van der Waals surface area (Å²) in [6.45, 7) is 0. The lowest BCUT2D eigenvalue weighted by Crippen LogP contribution is -2.40. The van der Waals surface area contributed by atoms with Crippen LogP contribution in [-0.4, -0.2) is 23.6 Å². The minimum Gasteiger partial charge on any atom is -0.368 e. The highest BCUT2D eigenvalue weighted by atomic mass is 19.4. The topological polar surface area (TPSA) is 99.8 Å². The lowest BCUT2D eigenvalue weighted by Gasteiger charge is -2.20. The number of primary amides is 1. The second-order valence-corrected chi connectivity index (χ2v) is 6.15. The van der Waals surface area contributed by atoms with E-state index in [4.69, 9.17) is 5.73 Å². The normalized spacial score (nSPS) is 16.3. The van der Waals surface area contributed by atoms with Crippen LogP contribution in [-0.2, 0) is 15.8 Å². The van der Waals surface area contributed by atoms with Crippen LogP contribution in [0.2, 0.25) is 0 Å². The van der Waals surface area contributed by atoms with Gasteiger partial charge in [0.2, 0.25) is 5.91 Å². The van der Waals surface area contributed by atoms with Crippen molar-refractivity contribution in [1.29, 1.82) is 0 Å². The summed E-state index contributed by atoms with van der Waals surface area (Å²) in [5.41, 5.74) is 9.37. The van der Waals surface area contributed by atoms with E-state index >= 15 is 0 Å². The molecule has 3 rings (SSSR count). The zero-order valence-electron chi connectivity index (χ0n) is 14.7. The van der Waals surface area contributed by atoms with E-state index in [1.165, 1.54) is 29.3 Å². The summed E-state index contributed by atoms with van der Waals surface area (Å²) in [5.74, 6) is -1.99. The molecule has 1 aliphatic heterocycles. The fourth-order valence-electron chi connectivity index (χ4n) is 2.68. The molecule has 0 aromatic heterocycles. The molecule has 1 heterocycles. The first kappa shape index (κ1) is 20.1. The number of amides is 2. The van der Waals surface area contributed by atoms with Crippen LogP contribution in [0.3, 0.4) is 0 Å². The number of benzene rings is 2. The zero-order chi connectivity index (χ0) is 21.2. The SMILES string of the molecule is NC(=O)C1CC(C(=O)NNc2cccc(C(F)(F)F)c2)=NN1c1ccc(F)cc1. The highest BCUT2D eigenvalue weighted by Crippen LogP contribution is 2.30. The van der Waals surface area contributed by atoms with Crippen molar-refractivity contribution in [2.45, 2.75) is 18.6 Å². The molecule has 1 unspecified atom stereocenters. The van der Waals surface area contributed by atoms with Gasteiger partial charge in [0.25, 0.3) is 5.91 Å². The van der Waals surface area contributed by atoms with E-state index in [0.29, 0.717) is 5.69 Å². The first-order valence-electron chi connectivity index (χ1n) is 8.30. The van der Waals surface area contributed by atoms with Crippen LogP contribution in [0.4, 0.5) is 28.9 Å². The van der Waals surface area contributed by atoms with Gasteiger partial charge in [0, 0.05) is 6.42 Å². The van der Waals surface area contributed by atoms with E-state index in [-0.39, 0.29) is 17.8 Å². The molecule has 2 aromatic rings. The van der Waals surface area contributed by atoms with Crippen LogP contribution in [0.25, 0.3) is 0 Å². The minimum absolute atomic E-state index is 0.00798. The number of alkyl halides is 3. The van der Waals surface area contributed by atoms with Crippen LogP contribution in [0.1, 0.15) is 12.0 Å². The maximum absolute atomic E-state index is 13.1. The quantitative estimate of drug-likeness (QED) is 0.522. The van der Waals surface area contributed by atoms with E-state index in [1.54, 1.807) is 0 Å². The predicted molar refractivity (Wildman–Crippen MR) is 97.1 cm³/mol. The van der Waals surface area contributed by atoms with Crippen LogP contribution in [0.5, 0.6) is 0 Å². The average molecular weight is 409 g/mol. The summed E-state index contributed by atoms with van der Waals surface area (Å²) in [4.78, 5) is 24.0. The Morgan fingerprint density at radius 1 is 1.14 bits per heavy atom. The number of nitrogens with zero attached hydrogens (tertiary/aromatic N) is 2. The van der Waals surface area contributed by atoms with E-state index in [1.807, 2.05) is 0 Å². The third-order valence-corrected chi connectivity index (χ3v) is 4.10. The molecule has 0 aliphatic carbocycles. The van der Waals surface area contributed by atoms with E-state index in [2.05, 4.69) is 16.0 Å². The first-order valence-corrected chi connectivity index (χ1v) is 8.30. The smallest absolute Gasteiger partial charge is 0.368 e. The van der Waals surface area contributed by atoms with Gasteiger partial charge in [-0.1, -0.05) is 6.07 Å². The molecule has 0 spiro atoms. The van der Waals surface area contributed by atoms with Gasteiger partial charge >= 0.3 is 6.18 Å². The van der Waals surface area contributed by atoms with Crippen molar-refractivity contribution < 1.29 is 27.2 Å². The van der Waals surface area contributed by atoms with Crippen molar-refractivity contribution in [2.24, 2.45) is 10.8 Å². The van der Waals surface area contributed by atoms with E-state index in [9.17, 15) is 27.2 Å². The number of nitrogens with one attached hydrogen (secondary N) is 2. The second-order valence-electron chi connectivity index (χ2n) is 6.15. The summed E-state index contributed by atoms with van der Waals surface area (Å²) in [6, 6.07) is 8.35. The predicted octanol–water partition coefficient (Wildman–Crippen LogP) is 2.41. The molecule has 2 aromatic carbocycles. The summed E-state index contributed by atoms with van der Waals surface area (Å²) < 4.78 is 51.4. The fraction of sp³-hybridized carbons (Fsp3) is 0.167. The van der Waals surface area contributed by atoms with E-state index < -0.39 is 35.4 Å². The van der Waals surface area contributed by atoms with Gasteiger partial charge in [-0.05, 0) is 42.5 Å². The molecule has 0 radical (unpaired) electrons. The molecule has 0 saturated heterocycles. The molecule has 152 valence electrons. The van der Waals surface area contributed by atoms with Gasteiger partial charge in [-0.15, -0.1) is 0 Å². The number of anilines is 2. The zero-order valence-corrected chi connectivity index (χ0v) is 14.7. The van der Waals surface area contributed by atoms with Crippen molar-refractivity contribution >= 4 is 28.9 Å². The number of hydrazine groups is 1. The molecule has 11 heteroatoms. The summed E-state index contributed by atoms with van der Waals surface area (Å²) in [7, 11) is 0. The Balaban J connectivity index is 1.73. The molecule has 0 fully saturated rings. The monoisotopic (exact) mass is 409 g/mol. The third-order valence-electron chi connectivity index (χ3n) is 4.10. The third kappa shape index (κ3) is 4.62. The molecule has 1 atom stereocenters. The molecule has 29 heavy (non-hydrogen) atoms. The molecule has 7 nitrogen and oxygen atoms in total. The van der Waals surface area contributed by atoms with Crippen LogP contribution in [0.15, 0.2) is 53.6 Å². The van der Waals surface area contributed by atoms with E-state index in [0.717, 1.165) is 24.3 Å². The second kappa shape index (κ2) is 7.78. The van der Waals surface area contributed by atoms with Gasteiger partial charge in [-0.2, -0.15) is 18.3 Å². The van der Waals surface area contributed by atoms with Crippen LogP contribution >= 0.6 is 0 Å². The maximum atomic E-state index is 13.1. The molecule has 0 saturated carbocycles. The van der Waals surface area contributed by atoms with Crippen molar-refractivity contribution in [3.8, 4) is 0 Å². The summed E-state index contributed by atoms with van der Waals surface area (Å²) in [5, 5.41) is 5.25. The van der Waals surface area contributed by atoms with Crippen molar-refractivity contribution in [3.05, 3.63) is 59.9 Å². The molecular weight excluding hydrogens is 394 g/mol. The van der Waals surface area contributed by atoms with Gasteiger partial charge in [0.05, 0.1) is 16.9 Å². The van der Waals surface area contributed by atoms with Gasteiger partial charge in [0.1, 0.15) is 17.6 Å². The van der Waals surface area contributed by atoms with Crippen molar-refractivity contribution in [2.75, 3.05) is 10.4 Å². The largest absolute Gasteiger partial charge is 0.416 e. The lowest BCUT2D eigenvalue weighted by molar-refractivity contribution is -0.137. The van der Waals surface area contributed by atoms with Crippen molar-refractivity contribution in [3.63, 3.8) is 0 Å². The lowest BCUT2D eigenvalue weighted by atomic mass is 10.1. The highest BCUT2D eigenvalue weighted by molar-refractivity contribution is 6.40. The van der Waals surface area contributed by atoms with Crippen molar-refractivity contribution in [1.82, 2.24) is 5.43 Å². The molecular formula is C18H15F4N5O2. The molecule has 1 aliphatic rings. The Labute approximate surface area is 162 Å². The fourth-order valence-corrected chi connectivity index (χ4v) is 2.68. The number of rotatable bonds is 5. The number of hydrazone groups is 1. The average Bonchev–Trinajstić information content (AvgIpc) is 3.12. The Hall–Kier alpha value is -3.63. The maximum Gasteiger partial charge on any atom is 0.416 e. The highest BCUT2D eigenvalue weighted by Gasteiger charge is 2.35. The standard InChI is InChI=1S/C18H15F4N5O2/c19-11-4-6-13(7-5-11)27-15(16(23)28)9-14(26-27)17(29)25-24-12-3-1-2-10(8-12)18(20,21)22/h1-8,15,24H,9H2,(H2,23,28)(H,25,29). The Bertz CT molecular complexity index is 959. The number of carbonyl (C=O) groups excluding carboxylic acids is 2. The minimum atomic E-state index is -4.53. The molecule has 4 N–H and O–H groups in total. The summed E-state index contributed by atoms with van der Waals surface area (Å²) >= 11 is 0. The Morgan fingerprint density at radius 3 is 2.45 bits per heavy atom. The Kier molecular flexibility index (Phi) is 5.39. The number of hydrogen-bond acceptors (Lipinski definition) is 5. The molecule has 2 amide bonds. The van der Waals surface area contributed by atoms with Gasteiger partial charge in [-0.3, -0.25) is 25.4 Å². The van der Waals surface area contributed by atoms with Crippen LogP contribution in [0, 0.1) is 5.82 Å². The number of carbonyl (C=O) groups is 2. The molecule has 0 bridgehead atoms. The summed E-state index contributed by atoms with van der Waals surface area (Å²) in [6.07, 6.45) is -4.65. The van der Waals surface area contributed by atoms with Gasteiger partial charge in [-0.25, -0.2) is 4.39 Å². The van der Waals surface area contributed by atoms with Gasteiger partial charge < -0.3 is 5.73 Å².